The Labute approximate surface area is 89.9 Å². The first kappa shape index (κ1) is 10.2. The minimum Gasteiger partial charge on any atom is -0.481 e. The maximum atomic E-state index is 10.5. The van der Waals surface area contributed by atoms with Crippen LogP contribution in [0.3, 0.4) is 0 Å². The predicted octanol–water partition coefficient (Wildman–Crippen LogP) is 2.66. The third kappa shape index (κ3) is 2.58. The van der Waals surface area contributed by atoms with Gasteiger partial charge in [0.05, 0.1) is 0 Å². The highest BCUT2D eigenvalue weighted by atomic mass is 16.4. The largest absolute Gasteiger partial charge is 0.481 e. The predicted molar refractivity (Wildman–Crippen MR) is 58.8 cm³/mol. The molecule has 0 heterocycles. The van der Waals surface area contributed by atoms with Crippen LogP contribution in [0.5, 0.6) is 0 Å². The lowest BCUT2D eigenvalue weighted by Gasteiger charge is -2.23. The fourth-order valence-corrected chi connectivity index (χ4v) is 2.35. The van der Waals surface area contributed by atoms with Crippen molar-refractivity contribution in [3.05, 3.63) is 35.4 Å². The van der Waals surface area contributed by atoms with Crippen LogP contribution >= 0.6 is 0 Å². The average molecular weight is 204 g/mol. The average Bonchev–Trinajstić information content (AvgIpc) is 2.26. The Morgan fingerprint density at radius 1 is 1.33 bits per heavy atom. The summed E-state index contributed by atoms with van der Waals surface area (Å²) in [6, 6.07) is 8.50. The van der Waals surface area contributed by atoms with E-state index in [1.54, 1.807) is 0 Å². The maximum absolute atomic E-state index is 10.5. The monoisotopic (exact) mass is 204 g/mol. The Kier molecular flexibility index (Phi) is 3.05. The van der Waals surface area contributed by atoms with E-state index in [9.17, 15) is 4.79 Å². The zero-order valence-corrected chi connectivity index (χ0v) is 8.78. The van der Waals surface area contributed by atoms with Crippen LogP contribution in [-0.2, 0) is 17.6 Å². The molecule has 1 aliphatic carbocycles. The number of fused-ring (bicyclic) bond motifs is 1. The van der Waals surface area contributed by atoms with Gasteiger partial charge in [-0.15, -0.1) is 0 Å². The molecule has 2 rings (SSSR count). The molecule has 0 fully saturated rings. The third-order valence-corrected chi connectivity index (χ3v) is 3.22. The fourth-order valence-electron chi connectivity index (χ4n) is 2.35. The zero-order chi connectivity index (χ0) is 10.7. The summed E-state index contributed by atoms with van der Waals surface area (Å²) in [4.78, 5) is 10.5. The molecule has 0 saturated heterocycles. The van der Waals surface area contributed by atoms with E-state index in [0.717, 1.165) is 25.7 Å². The van der Waals surface area contributed by atoms with Crippen molar-refractivity contribution in [2.75, 3.05) is 0 Å². The molecular formula is C13H16O2. The highest BCUT2D eigenvalue weighted by Crippen LogP contribution is 2.27. The minimum absolute atomic E-state index is 0.312. The lowest BCUT2D eigenvalue weighted by molar-refractivity contribution is -0.137. The first-order valence-electron chi connectivity index (χ1n) is 5.54. The standard InChI is InChI=1S/C13H16O2/c14-13(15)8-6-10-5-7-11-3-1-2-4-12(11)9-10/h1-4,10H,5-9H2,(H,14,15)/t10-/m1/s1. The Morgan fingerprint density at radius 2 is 2.07 bits per heavy atom. The molecule has 1 atom stereocenters. The van der Waals surface area contributed by atoms with Gasteiger partial charge < -0.3 is 5.11 Å². The van der Waals surface area contributed by atoms with E-state index in [0.29, 0.717) is 12.3 Å². The minimum atomic E-state index is -0.672. The Balaban J connectivity index is 1.96. The van der Waals surface area contributed by atoms with Crippen molar-refractivity contribution in [2.45, 2.75) is 32.1 Å². The van der Waals surface area contributed by atoms with Gasteiger partial charge in [-0.1, -0.05) is 24.3 Å². The van der Waals surface area contributed by atoms with Gasteiger partial charge in [0.15, 0.2) is 0 Å². The van der Waals surface area contributed by atoms with Crippen LogP contribution in [0.15, 0.2) is 24.3 Å². The summed E-state index contributed by atoms with van der Waals surface area (Å²) in [6.07, 6.45) is 4.45. The van der Waals surface area contributed by atoms with Gasteiger partial charge in [0, 0.05) is 6.42 Å². The molecule has 0 radical (unpaired) electrons. The summed E-state index contributed by atoms with van der Waals surface area (Å²) in [6.45, 7) is 0. The molecule has 0 saturated carbocycles. The molecule has 0 amide bonds. The Bertz CT molecular complexity index is 357. The summed E-state index contributed by atoms with van der Waals surface area (Å²) in [7, 11) is 0. The number of carbonyl (C=O) groups is 1. The summed E-state index contributed by atoms with van der Waals surface area (Å²) in [5.74, 6) is -0.107. The van der Waals surface area contributed by atoms with E-state index in [4.69, 9.17) is 5.11 Å². The molecule has 0 bridgehead atoms. The number of aliphatic carboxylic acids is 1. The summed E-state index contributed by atoms with van der Waals surface area (Å²) < 4.78 is 0. The van der Waals surface area contributed by atoms with Crippen molar-refractivity contribution in [2.24, 2.45) is 5.92 Å². The Morgan fingerprint density at radius 3 is 2.80 bits per heavy atom. The fraction of sp³-hybridized carbons (Fsp3) is 0.462. The van der Waals surface area contributed by atoms with Crippen molar-refractivity contribution < 1.29 is 9.90 Å². The van der Waals surface area contributed by atoms with E-state index in [-0.39, 0.29) is 0 Å². The van der Waals surface area contributed by atoms with Crippen LogP contribution in [0.2, 0.25) is 0 Å². The van der Waals surface area contributed by atoms with Gasteiger partial charge in [-0.25, -0.2) is 0 Å². The van der Waals surface area contributed by atoms with Crippen LogP contribution in [0.4, 0.5) is 0 Å². The summed E-state index contributed by atoms with van der Waals surface area (Å²) in [5, 5.41) is 8.64. The van der Waals surface area contributed by atoms with Gasteiger partial charge in [0.1, 0.15) is 0 Å². The Hall–Kier alpha value is -1.31. The zero-order valence-electron chi connectivity index (χ0n) is 8.78. The van der Waals surface area contributed by atoms with E-state index in [1.165, 1.54) is 11.1 Å². The molecule has 80 valence electrons. The summed E-state index contributed by atoms with van der Waals surface area (Å²) >= 11 is 0. The van der Waals surface area contributed by atoms with Crippen LogP contribution in [0.25, 0.3) is 0 Å². The number of aryl methyl sites for hydroxylation is 1. The van der Waals surface area contributed by atoms with Crippen molar-refractivity contribution in [1.29, 1.82) is 0 Å². The van der Waals surface area contributed by atoms with Crippen molar-refractivity contribution in [1.82, 2.24) is 0 Å². The molecule has 1 aromatic rings. The number of rotatable bonds is 3. The molecule has 0 aliphatic heterocycles. The lowest BCUT2D eigenvalue weighted by Crippen LogP contribution is -2.15. The van der Waals surface area contributed by atoms with Crippen LogP contribution in [0, 0.1) is 5.92 Å². The van der Waals surface area contributed by atoms with E-state index in [2.05, 4.69) is 24.3 Å². The molecular weight excluding hydrogens is 188 g/mol. The number of carboxylic acid groups (broad SMARTS) is 1. The third-order valence-electron chi connectivity index (χ3n) is 3.22. The summed E-state index contributed by atoms with van der Waals surface area (Å²) in [5.41, 5.74) is 2.86. The number of hydrogen-bond acceptors (Lipinski definition) is 1. The van der Waals surface area contributed by atoms with Crippen molar-refractivity contribution >= 4 is 5.97 Å². The normalized spacial score (nSPS) is 19.6. The van der Waals surface area contributed by atoms with Crippen LogP contribution < -0.4 is 0 Å². The first-order valence-corrected chi connectivity index (χ1v) is 5.54. The van der Waals surface area contributed by atoms with Gasteiger partial charge >= 0.3 is 5.97 Å². The number of carboxylic acids is 1. The van der Waals surface area contributed by atoms with Crippen molar-refractivity contribution in [3.63, 3.8) is 0 Å². The quantitative estimate of drug-likeness (QED) is 0.821. The van der Waals surface area contributed by atoms with Gasteiger partial charge in [-0.05, 0) is 42.7 Å². The van der Waals surface area contributed by atoms with Gasteiger partial charge in [0.2, 0.25) is 0 Å². The van der Waals surface area contributed by atoms with Crippen LogP contribution in [0.1, 0.15) is 30.4 Å². The van der Waals surface area contributed by atoms with Gasteiger partial charge in [-0.3, -0.25) is 4.79 Å². The van der Waals surface area contributed by atoms with Gasteiger partial charge in [-0.2, -0.15) is 0 Å². The molecule has 0 aromatic heterocycles. The maximum Gasteiger partial charge on any atom is 0.303 e. The van der Waals surface area contributed by atoms with E-state index >= 15 is 0 Å². The second kappa shape index (κ2) is 4.47. The van der Waals surface area contributed by atoms with E-state index in [1.807, 2.05) is 0 Å². The molecule has 0 unspecified atom stereocenters. The molecule has 1 aliphatic rings. The topological polar surface area (TPSA) is 37.3 Å². The number of benzene rings is 1. The molecule has 1 N–H and O–H groups in total. The second-order valence-electron chi connectivity index (χ2n) is 4.31. The smallest absolute Gasteiger partial charge is 0.303 e. The van der Waals surface area contributed by atoms with Crippen LogP contribution in [-0.4, -0.2) is 11.1 Å². The molecule has 1 aromatic carbocycles. The molecule has 2 heteroatoms. The van der Waals surface area contributed by atoms with E-state index < -0.39 is 5.97 Å². The molecule has 2 nitrogen and oxygen atoms in total. The second-order valence-corrected chi connectivity index (χ2v) is 4.31. The molecule has 15 heavy (non-hydrogen) atoms. The lowest BCUT2D eigenvalue weighted by atomic mass is 9.82. The highest BCUT2D eigenvalue weighted by molar-refractivity contribution is 5.66. The highest BCUT2D eigenvalue weighted by Gasteiger charge is 2.18. The van der Waals surface area contributed by atoms with Crippen molar-refractivity contribution in [3.8, 4) is 0 Å². The first-order chi connectivity index (χ1) is 7.25. The SMILES string of the molecule is O=C(O)CC[C@H]1CCc2ccccc2C1. The van der Waals surface area contributed by atoms with Gasteiger partial charge in [0.25, 0.3) is 0 Å². The number of hydrogen-bond donors (Lipinski definition) is 1. The molecule has 0 spiro atoms.